The van der Waals surface area contributed by atoms with E-state index >= 15 is 0 Å². The fourth-order valence-electron chi connectivity index (χ4n) is 2.38. The first-order chi connectivity index (χ1) is 9.58. The number of likely N-dealkylation sites (N-methyl/N-ethyl adjacent to an activating group) is 1. The molecule has 20 heavy (non-hydrogen) atoms. The molecule has 1 atom stereocenters. The monoisotopic (exact) mass is 277 g/mol. The summed E-state index contributed by atoms with van der Waals surface area (Å²) < 4.78 is 5.50. The molecule has 1 fully saturated rings. The third kappa shape index (κ3) is 3.57. The second-order valence-electron chi connectivity index (χ2n) is 5.05. The molecule has 0 spiro atoms. The van der Waals surface area contributed by atoms with Gasteiger partial charge in [0, 0.05) is 20.2 Å². The number of ether oxygens (including phenoxy) is 1. The maximum absolute atomic E-state index is 12.2. The Morgan fingerprint density at radius 3 is 2.80 bits per heavy atom. The molecule has 1 saturated heterocycles. The van der Waals surface area contributed by atoms with Crippen molar-refractivity contribution in [2.45, 2.75) is 25.4 Å². The Hall–Kier alpha value is -1.88. The fraction of sp³-hybridized carbons (Fsp3) is 0.467. The van der Waals surface area contributed by atoms with Crippen LogP contribution in [-0.2, 0) is 16.0 Å². The highest BCUT2D eigenvalue weighted by molar-refractivity contribution is 5.91. The highest BCUT2D eigenvalue weighted by Crippen LogP contribution is 2.14. The van der Waals surface area contributed by atoms with Crippen LogP contribution in [0.5, 0.6) is 0 Å². The molecule has 108 valence electrons. The van der Waals surface area contributed by atoms with Crippen LogP contribution in [0.25, 0.3) is 0 Å². The van der Waals surface area contributed by atoms with E-state index in [1.165, 1.54) is 6.07 Å². The van der Waals surface area contributed by atoms with Gasteiger partial charge in [-0.25, -0.2) is 4.79 Å². The summed E-state index contributed by atoms with van der Waals surface area (Å²) in [6.07, 6.45) is 2.22. The quantitative estimate of drug-likeness (QED) is 0.887. The van der Waals surface area contributed by atoms with E-state index in [9.17, 15) is 9.59 Å². The summed E-state index contributed by atoms with van der Waals surface area (Å²) in [6.45, 7) is 1.32. The standard InChI is InChI=1S/C15H19NO4/c1-16(10-12-6-4-8-20-12)14(17)9-11-5-2-3-7-13(11)15(18)19/h2-3,5,7,12H,4,6,8-10H2,1H3,(H,18,19)/t12-/m0/s1. The molecule has 2 rings (SSSR count). The summed E-state index contributed by atoms with van der Waals surface area (Å²) >= 11 is 0. The van der Waals surface area contributed by atoms with E-state index in [0.29, 0.717) is 12.1 Å². The van der Waals surface area contributed by atoms with Crippen molar-refractivity contribution in [1.82, 2.24) is 4.90 Å². The average Bonchev–Trinajstić information content (AvgIpc) is 2.91. The normalized spacial score (nSPS) is 17.9. The summed E-state index contributed by atoms with van der Waals surface area (Å²) in [5.74, 6) is -1.09. The lowest BCUT2D eigenvalue weighted by Crippen LogP contribution is -2.35. The Morgan fingerprint density at radius 1 is 1.40 bits per heavy atom. The van der Waals surface area contributed by atoms with Gasteiger partial charge in [0.05, 0.1) is 18.1 Å². The zero-order valence-corrected chi connectivity index (χ0v) is 11.5. The van der Waals surface area contributed by atoms with Crippen LogP contribution < -0.4 is 0 Å². The van der Waals surface area contributed by atoms with Crippen molar-refractivity contribution < 1.29 is 19.4 Å². The molecule has 1 aromatic rings. The number of amides is 1. The van der Waals surface area contributed by atoms with Crippen LogP contribution in [0.15, 0.2) is 24.3 Å². The lowest BCUT2D eigenvalue weighted by Gasteiger charge is -2.21. The van der Waals surface area contributed by atoms with Crippen molar-refractivity contribution >= 4 is 11.9 Å². The number of carboxylic acids is 1. The van der Waals surface area contributed by atoms with E-state index in [4.69, 9.17) is 9.84 Å². The number of rotatable bonds is 5. The molecule has 1 N–H and O–H groups in total. The van der Waals surface area contributed by atoms with Crippen molar-refractivity contribution in [3.63, 3.8) is 0 Å². The molecule has 0 bridgehead atoms. The molecule has 0 unspecified atom stereocenters. The maximum atomic E-state index is 12.2. The van der Waals surface area contributed by atoms with E-state index in [-0.39, 0.29) is 24.0 Å². The minimum atomic E-state index is -1.00. The molecule has 0 aliphatic carbocycles. The molecule has 0 aromatic heterocycles. The number of aromatic carboxylic acids is 1. The third-order valence-electron chi connectivity index (χ3n) is 3.52. The molecule has 0 saturated carbocycles. The molecule has 1 heterocycles. The molecule has 0 radical (unpaired) electrons. The number of carbonyl (C=O) groups excluding carboxylic acids is 1. The van der Waals surface area contributed by atoms with E-state index in [0.717, 1.165) is 19.4 Å². The predicted molar refractivity (Wildman–Crippen MR) is 73.7 cm³/mol. The number of hydrogen-bond donors (Lipinski definition) is 1. The van der Waals surface area contributed by atoms with E-state index in [2.05, 4.69) is 0 Å². The Bertz CT molecular complexity index is 494. The topological polar surface area (TPSA) is 66.8 Å². The first kappa shape index (κ1) is 14.5. The highest BCUT2D eigenvalue weighted by atomic mass is 16.5. The van der Waals surface area contributed by atoms with Gasteiger partial charge in [-0.1, -0.05) is 18.2 Å². The smallest absolute Gasteiger partial charge is 0.335 e. The van der Waals surface area contributed by atoms with Gasteiger partial charge in [-0.3, -0.25) is 4.79 Å². The second kappa shape index (κ2) is 6.52. The van der Waals surface area contributed by atoms with Gasteiger partial charge in [-0.2, -0.15) is 0 Å². The minimum absolute atomic E-state index is 0.0887. The average molecular weight is 277 g/mol. The van der Waals surface area contributed by atoms with Crippen molar-refractivity contribution in [1.29, 1.82) is 0 Å². The number of benzene rings is 1. The summed E-state index contributed by atoms with van der Waals surface area (Å²) in [4.78, 5) is 24.9. The van der Waals surface area contributed by atoms with Gasteiger partial charge in [0.2, 0.25) is 5.91 Å². The van der Waals surface area contributed by atoms with Crippen molar-refractivity contribution in [2.75, 3.05) is 20.2 Å². The van der Waals surface area contributed by atoms with Gasteiger partial charge in [-0.05, 0) is 24.5 Å². The molecule has 1 aliphatic rings. The zero-order valence-electron chi connectivity index (χ0n) is 11.5. The van der Waals surface area contributed by atoms with E-state index in [1.807, 2.05) is 0 Å². The third-order valence-corrected chi connectivity index (χ3v) is 3.52. The Labute approximate surface area is 118 Å². The molecular formula is C15H19NO4. The van der Waals surface area contributed by atoms with Gasteiger partial charge in [0.25, 0.3) is 0 Å². The zero-order chi connectivity index (χ0) is 14.5. The van der Waals surface area contributed by atoms with E-state index in [1.54, 1.807) is 30.1 Å². The SMILES string of the molecule is CN(C[C@@H]1CCCO1)C(=O)Cc1ccccc1C(=O)O. The predicted octanol–water partition coefficient (Wildman–Crippen LogP) is 1.56. The van der Waals surface area contributed by atoms with Gasteiger partial charge in [-0.15, -0.1) is 0 Å². The molecule has 5 nitrogen and oxygen atoms in total. The van der Waals surface area contributed by atoms with Crippen molar-refractivity contribution in [3.8, 4) is 0 Å². The summed E-state index contributed by atoms with van der Waals surface area (Å²) in [5.41, 5.74) is 0.732. The number of carbonyl (C=O) groups is 2. The fourth-order valence-corrected chi connectivity index (χ4v) is 2.38. The summed E-state index contributed by atoms with van der Waals surface area (Å²) in [5, 5.41) is 9.10. The number of hydrogen-bond acceptors (Lipinski definition) is 3. The second-order valence-corrected chi connectivity index (χ2v) is 5.05. The molecule has 1 aromatic carbocycles. The molecule has 5 heteroatoms. The van der Waals surface area contributed by atoms with Crippen molar-refractivity contribution in [2.24, 2.45) is 0 Å². The first-order valence-corrected chi connectivity index (χ1v) is 6.74. The van der Waals surface area contributed by atoms with Crippen LogP contribution in [0.3, 0.4) is 0 Å². The molecule has 1 amide bonds. The van der Waals surface area contributed by atoms with Crippen LogP contribution in [0.2, 0.25) is 0 Å². The summed E-state index contributed by atoms with van der Waals surface area (Å²) in [7, 11) is 1.73. The molecule has 1 aliphatic heterocycles. The van der Waals surface area contributed by atoms with E-state index < -0.39 is 5.97 Å². The van der Waals surface area contributed by atoms with Crippen LogP contribution >= 0.6 is 0 Å². The van der Waals surface area contributed by atoms with Crippen LogP contribution in [0.4, 0.5) is 0 Å². The Morgan fingerprint density at radius 2 is 2.15 bits per heavy atom. The summed E-state index contributed by atoms with van der Waals surface area (Å²) in [6, 6.07) is 6.61. The maximum Gasteiger partial charge on any atom is 0.335 e. The van der Waals surface area contributed by atoms with Gasteiger partial charge in [0.1, 0.15) is 0 Å². The number of carboxylic acid groups (broad SMARTS) is 1. The lowest BCUT2D eigenvalue weighted by molar-refractivity contribution is -0.130. The van der Waals surface area contributed by atoms with Crippen LogP contribution in [0.1, 0.15) is 28.8 Å². The highest BCUT2D eigenvalue weighted by Gasteiger charge is 2.21. The Kier molecular flexibility index (Phi) is 4.74. The van der Waals surface area contributed by atoms with Gasteiger partial charge < -0.3 is 14.7 Å². The van der Waals surface area contributed by atoms with Crippen LogP contribution in [-0.4, -0.2) is 48.2 Å². The van der Waals surface area contributed by atoms with Gasteiger partial charge >= 0.3 is 5.97 Å². The Balaban J connectivity index is 1.98. The minimum Gasteiger partial charge on any atom is -0.478 e. The van der Waals surface area contributed by atoms with Crippen molar-refractivity contribution in [3.05, 3.63) is 35.4 Å². The van der Waals surface area contributed by atoms with Crippen LogP contribution in [0, 0.1) is 0 Å². The largest absolute Gasteiger partial charge is 0.478 e. The first-order valence-electron chi connectivity index (χ1n) is 6.74. The number of nitrogens with zero attached hydrogens (tertiary/aromatic N) is 1. The van der Waals surface area contributed by atoms with Gasteiger partial charge in [0.15, 0.2) is 0 Å². The molecular weight excluding hydrogens is 258 g/mol. The lowest BCUT2D eigenvalue weighted by atomic mass is 10.0.